The fourth-order valence-corrected chi connectivity index (χ4v) is 2.09. The van der Waals surface area contributed by atoms with Crippen LogP contribution in [0.25, 0.3) is 6.08 Å². The van der Waals surface area contributed by atoms with Crippen LogP contribution in [0.5, 0.6) is 17.2 Å². The third kappa shape index (κ3) is 4.78. The van der Waals surface area contributed by atoms with Crippen molar-refractivity contribution in [2.45, 2.75) is 6.61 Å². The molecule has 0 spiro atoms. The maximum atomic E-state index is 11.9. The van der Waals surface area contributed by atoms with Crippen molar-refractivity contribution >= 4 is 12.0 Å². The Morgan fingerprint density at radius 1 is 0.958 bits per heavy atom. The first kappa shape index (κ1) is 17.4. The third-order valence-electron chi connectivity index (χ3n) is 3.35. The average Bonchev–Trinajstić information content (AvgIpc) is 2.64. The normalized spacial score (nSPS) is 10.5. The molecule has 0 aliphatic rings. The number of benzene rings is 2. The van der Waals surface area contributed by atoms with Crippen LogP contribution in [-0.2, 0) is 16.1 Å². The van der Waals surface area contributed by atoms with Crippen LogP contribution in [-0.4, -0.2) is 27.3 Å². The Labute approximate surface area is 141 Å². The molecule has 5 heteroatoms. The van der Waals surface area contributed by atoms with Gasteiger partial charge in [-0.15, -0.1) is 0 Å². The first-order valence-electron chi connectivity index (χ1n) is 7.36. The highest BCUT2D eigenvalue weighted by molar-refractivity contribution is 5.87. The van der Waals surface area contributed by atoms with E-state index in [2.05, 4.69) is 0 Å². The molecular weight excluding hydrogens is 308 g/mol. The van der Waals surface area contributed by atoms with E-state index < -0.39 is 5.97 Å². The number of methoxy groups -OCH3 is 3. The van der Waals surface area contributed by atoms with Gasteiger partial charge < -0.3 is 18.9 Å². The zero-order valence-corrected chi connectivity index (χ0v) is 13.9. The van der Waals surface area contributed by atoms with E-state index in [1.807, 2.05) is 24.3 Å². The van der Waals surface area contributed by atoms with Gasteiger partial charge in [-0.25, -0.2) is 4.79 Å². The number of carbonyl (C=O) groups excluding carboxylic acids is 1. The van der Waals surface area contributed by atoms with Gasteiger partial charge in [-0.2, -0.15) is 0 Å². The van der Waals surface area contributed by atoms with Crippen molar-refractivity contribution in [3.8, 4) is 17.2 Å². The predicted octanol–water partition coefficient (Wildman–Crippen LogP) is 3.47. The first-order chi connectivity index (χ1) is 11.7. The molecular formula is C19H20O5. The Morgan fingerprint density at radius 2 is 1.71 bits per heavy atom. The summed E-state index contributed by atoms with van der Waals surface area (Å²) in [5.41, 5.74) is 1.59. The van der Waals surface area contributed by atoms with Crippen LogP contribution in [0.4, 0.5) is 0 Å². The second-order valence-corrected chi connectivity index (χ2v) is 4.90. The van der Waals surface area contributed by atoms with Crippen molar-refractivity contribution in [1.29, 1.82) is 0 Å². The summed E-state index contributed by atoms with van der Waals surface area (Å²) >= 11 is 0. The van der Waals surface area contributed by atoms with Gasteiger partial charge in [0.25, 0.3) is 0 Å². The first-order valence-corrected chi connectivity index (χ1v) is 7.36. The van der Waals surface area contributed by atoms with Gasteiger partial charge in [-0.1, -0.05) is 12.1 Å². The van der Waals surface area contributed by atoms with Crippen molar-refractivity contribution in [2.24, 2.45) is 0 Å². The van der Waals surface area contributed by atoms with Gasteiger partial charge in [0.05, 0.1) is 21.3 Å². The molecule has 0 bridgehead atoms. The van der Waals surface area contributed by atoms with Crippen LogP contribution in [0.3, 0.4) is 0 Å². The molecule has 0 fully saturated rings. The van der Waals surface area contributed by atoms with Crippen LogP contribution < -0.4 is 14.2 Å². The maximum absolute atomic E-state index is 11.9. The molecule has 0 N–H and O–H groups in total. The Hall–Kier alpha value is -2.95. The molecule has 0 aromatic heterocycles. The van der Waals surface area contributed by atoms with E-state index in [4.69, 9.17) is 18.9 Å². The van der Waals surface area contributed by atoms with Crippen molar-refractivity contribution in [1.82, 2.24) is 0 Å². The Kier molecular flexibility index (Phi) is 6.25. The smallest absolute Gasteiger partial charge is 0.331 e. The molecule has 2 aromatic rings. The van der Waals surface area contributed by atoms with Crippen molar-refractivity contribution < 1.29 is 23.7 Å². The number of esters is 1. The summed E-state index contributed by atoms with van der Waals surface area (Å²) in [6.45, 7) is 0.176. The number of ether oxygens (including phenoxy) is 4. The number of hydrogen-bond donors (Lipinski definition) is 0. The summed E-state index contributed by atoms with van der Waals surface area (Å²) in [6.07, 6.45) is 2.99. The number of hydrogen-bond acceptors (Lipinski definition) is 5. The fraction of sp³-hybridized carbons (Fsp3) is 0.211. The highest BCUT2D eigenvalue weighted by Gasteiger charge is 2.04. The monoisotopic (exact) mass is 328 g/mol. The molecule has 126 valence electrons. The van der Waals surface area contributed by atoms with E-state index in [1.54, 1.807) is 45.6 Å². The van der Waals surface area contributed by atoms with E-state index in [0.29, 0.717) is 11.5 Å². The molecule has 24 heavy (non-hydrogen) atoms. The molecule has 2 rings (SSSR count). The molecule has 0 aliphatic heterocycles. The van der Waals surface area contributed by atoms with Crippen LogP contribution >= 0.6 is 0 Å². The Morgan fingerprint density at radius 3 is 2.42 bits per heavy atom. The Balaban J connectivity index is 2.00. The summed E-state index contributed by atoms with van der Waals surface area (Å²) in [5.74, 6) is 1.61. The molecule has 5 nitrogen and oxygen atoms in total. The van der Waals surface area contributed by atoms with Gasteiger partial charge >= 0.3 is 5.97 Å². The van der Waals surface area contributed by atoms with E-state index in [1.165, 1.54) is 6.08 Å². The molecule has 0 saturated carbocycles. The summed E-state index contributed by atoms with van der Waals surface area (Å²) < 4.78 is 20.8. The standard InChI is InChI=1S/C19H20O5/c1-21-16-6-4-5-14(11-16)13-24-19(20)10-7-15-12-17(22-2)8-9-18(15)23-3/h4-12H,13H2,1-3H3/b10-7+. The molecule has 0 heterocycles. The fourth-order valence-electron chi connectivity index (χ4n) is 2.09. The highest BCUT2D eigenvalue weighted by Crippen LogP contribution is 2.25. The van der Waals surface area contributed by atoms with Crippen molar-refractivity contribution in [3.63, 3.8) is 0 Å². The minimum atomic E-state index is -0.442. The lowest BCUT2D eigenvalue weighted by molar-refractivity contribution is -0.138. The van der Waals surface area contributed by atoms with E-state index >= 15 is 0 Å². The molecule has 0 unspecified atom stereocenters. The lowest BCUT2D eigenvalue weighted by atomic mass is 10.1. The summed E-state index contributed by atoms with van der Waals surface area (Å²) in [7, 11) is 4.74. The molecule has 0 saturated heterocycles. The van der Waals surface area contributed by atoms with Gasteiger partial charge in [0.1, 0.15) is 23.9 Å². The van der Waals surface area contributed by atoms with Gasteiger partial charge in [0.15, 0.2) is 0 Å². The molecule has 0 amide bonds. The predicted molar refractivity (Wildman–Crippen MR) is 91.4 cm³/mol. The van der Waals surface area contributed by atoms with Gasteiger partial charge in [-0.05, 0) is 42.0 Å². The molecule has 0 radical (unpaired) electrons. The lowest BCUT2D eigenvalue weighted by Crippen LogP contribution is -2.01. The van der Waals surface area contributed by atoms with Crippen molar-refractivity contribution in [3.05, 3.63) is 59.7 Å². The summed E-state index contributed by atoms with van der Waals surface area (Å²) in [5, 5.41) is 0. The van der Waals surface area contributed by atoms with Crippen molar-refractivity contribution in [2.75, 3.05) is 21.3 Å². The zero-order chi connectivity index (χ0) is 17.4. The van der Waals surface area contributed by atoms with Crippen LogP contribution in [0.1, 0.15) is 11.1 Å². The average molecular weight is 328 g/mol. The maximum Gasteiger partial charge on any atom is 0.331 e. The van der Waals surface area contributed by atoms with Crippen LogP contribution in [0.2, 0.25) is 0 Å². The number of rotatable bonds is 7. The van der Waals surface area contributed by atoms with Crippen LogP contribution in [0, 0.1) is 0 Å². The summed E-state index contributed by atoms with van der Waals surface area (Å²) in [6, 6.07) is 12.7. The van der Waals surface area contributed by atoms with E-state index in [9.17, 15) is 4.79 Å². The van der Waals surface area contributed by atoms with E-state index in [0.717, 1.165) is 16.9 Å². The molecule has 0 aliphatic carbocycles. The van der Waals surface area contributed by atoms with Gasteiger partial charge in [0, 0.05) is 11.6 Å². The molecule has 0 atom stereocenters. The Bertz CT molecular complexity index is 721. The summed E-state index contributed by atoms with van der Waals surface area (Å²) in [4.78, 5) is 11.9. The minimum Gasteiger partial charge on any atom is -0.497 e. The largest absolute Gasteiger partial charge is 0.497 e. The van der Waals surface area contributed by atoms with Gasteiger partial charge in [-0.3, -0.25) is 0 Å². The second-order valence-electron chi connectivity index (χ2n) is 4.90. The SMILES string of the molecule is COc1cccc(COC(=O)/C=C/c2cc(OC)ccc2OC)c1. The third-order valence-corrected chi connectivity index (χ3v) is 3.35. The highest BCUT2D eigenvalue weighted by atomic mass is 16.5. The quantitative estimate of drug-likeness (QED) is 0.575. The number of carbonyl (C=O) groups is 1. The molecule has 2 aromatic carbocycles. The minimum absolute atomic E-state index is 0.176. The lowest BCUT2D eigenvalue weighted by Gasteiger charge is -2.07. The zero-order valence-electron chi connectivity index (χ0n) is 13.9. The topological polar surface area (TPSA) is 54.0 Å². The van der Waals surface area contributed by atoms with E-state index in [-0.39, 0.29) is 6.61 Å². The van der Waals surface area contributed by atoms with Gasteiger partial charge in [0.2, 0.25) is 0 Å². The second kappa shape index (κ2) is 8.62. The van der Waals surface area contributed by atoms with Crippen LogP contribution in [0.15, 0.2) is 48.5 Å².